The number of imidazole rings is 1. The van der Waals surface area contributed by atoms with Crippen LogP contribution in [0.25, 0.3) is 28.0 Å². The lowest BCUT2D eigenvalue weighted by Crippen LogP contribution is -1.83. The highest BCUT2D eigenvalue weighted by Gasteiger charge is 2.11. The molecule has 0 saturated heterocycles. The van der Waals surface area contributed by atoms with Crippen molar-refractivity contribution in [3.05, 3.63) is 66.3 Å². The van der Waals surface area contributed by atoms with Crippen LogP contribution >= 0.6 is 0 Å². The number of aromatic nitrogens is 3. The molecule has 0 bridgehead atoms. The Morgan fingerprint density at radius 1 is 0.955 bits per heavy atom. The predicted molar refractivity (Wildman–Crippen MR) is 85.6 cm³/mol. The van der Waals surface area contributed by atoms with Gasteiger partial charge in [0.2, 0.25) is 0 Å². The predicted octanol–water partition coefficient (Wildman–Crippen LogP) is 4.27. The summed E-state index contributed by atoms with van der Waals surface area (Å²) in [5.74, 6) is 0.845. The van der Waals surface area contributed by atoms with Gasteiger partial charge in [-0.2, -0.15) is 0 Å². The molecule has 0 aliphatic carbocycles. The fraction of sp³-hybridized carbons (Fsp3) is 0.111. The molecule has 1 aromatic carbocycles. The van der Waals surface area contributed by atoms with Gasteiger partial charge in [-0.1, -0.05) is 35.5 Å². The maximum absolute atomic E-state index is 5.24. The van der Waals surface area contributed by atoms with E-state index in [2.05, 4.69) is 34.4 Å². The minimum atomic E-state index is 0.845. The molecule has 0 aliphatic rings. The molecule has 0 N–H and O–H groups in total. The minimum Gasteiger partial charge on any atom is -0.361 e. The van der Waals surface area contributed by atoms with Gasteiger partial charge >= 0.3 is 0 Å². The average molecular weight is 289 g/mol. The Morgan fingerprint density at radius 2 is 1.73 bits per heavy atom. The summed E-state index contributed by atoms with van der Waals surface area (Å²) in [6.45, 7) is 3.90. The number of nitrogens with zero attached hydrogens (tertiary/aromatic N) is 3. The lowest BCUT2D eigenvalue weighted by Gasteiger charge is -2.02. The van der Waals surface area contributed by atoms with E-state index in [9.17, 15) is 0 Å². The summed E-state index contributed by atoms with van der Waals surface area (Å²) in [6, 6.07) is 14.3. The number of pyridine rings is 1. The van der Waals surface area contributed by atoms with Crippen LogP contribution in [-0.4, -0.2) is 14.5 Å². The second-order valence-electron chi connectivity index (χ2n) is 5.37. The number of hydrogen-bond acceptors (Lipinski definition) is 3. The molecule has 0 aliphatic heterocycles. The van der Waals surface area contributed by atoms with Crippen molar-refractivity contribution in [1.82, 2.24) is 14.5 Å². The SMILES string of the molecule is Cc1noc(C)c1-c1ccc(-c2cn3ccccc3n2)cc1. The van der Waals surface area contributed by atoms with Gasteiger partial charge in [0.1, 0.15) is 11.4 Å². The minimum absolute atomic E-state index is 0.845. The van der Waals surface area contributed by atoms with Crippen molar-refractivity contribution < 1.29 is 4.52 Å². The van der Waals surface area contributed by atoms with E-state index in [1.165, 1.54) is 0 Å². The molecule has 22 heavy (non-hydrogen) atoms. The Morgan fingerprint density at radius 3 is 2.41 bits per heavy atom. The van der Waals surface area contributed by atoms with Gasteiger partial charge in [-0.15, -0.1) is 0 Å². The second kappa shape index (κ2) is 4.84. The van der Waals surface area contributed by atoms with Crippen molar-refractivity contribution in [2.45, 2.75) is 13.8 Å². The first-order valence-electron chi connectivity index (χ1n) is 7.20. The summed E-state index contributed by atoms with van der Waals surface area (Å²) in [5, 5.41) is 4.01. The highest BCUT2D eigenvalue weighted by Crippen LogP contribution is 2.29. The van der Waals surface area contributed by atoms with Gasteiger partial charge < -0.3 is 8.92 Å². The molecule has 0 fully saturated rings. The lowest BCUT2D eigenvalue weighted by molar-refractivity contribution is 0.393. The molecule has 0 unspecified atom stereocenters. The molecule has 4 nitrogen and oxygen atoms in total. The first-order chi connectivity index (χ1) is 10.7. The summed E-state index contributed by atoms with van der Waals surface area (Å²) >= 11 is 0. The van der Waals surface area contributed by atoms with Crippen LogP contribution in [0.15, 0.2) is 59.4 Å². The summed E-state index contributed by atoms with van der Waals surface area (Å²) in [7, 11) is 0. The van der Waals surface area contributed by atoms with E-state index in [1.54, 1.807) is 0 Å². The normalized spacial score (nSPS) is 11.2. The first-order valence-corrected chi connectivity index (χ1v) is 7.20. The summed E-state index contributed by atoms with van der Waals surface area (Å²) in [6.07, 6.45) is 4.05. The van der Waals surface area contributed by atoms with E-state index in [0.29, 0.717) is 0 Å². The third kappa shape index (κ3) is 2.00. The second-order valence-corrected chi connectivity index (χ2v) is 5.37. The average Bonchev–Trinajstić information content (AvgIpc) is 3.11. The topological polar surface area (TPSA) is 43.3 Å². The van der Waals surface area contributed by atoms with Crippen LogP contribution in [0.2, 0.25) is 0 Å². The Labute approximate surface area is 128 Å². The molecule has 0 spiro atoms. The van der Waals surface area contributed by atoms with Gasteiger partial charge in [0.05, 0.1) is 11.4 Å². The maximum atomic E-state index is 5.24. The Kier molecular flexibility index (Phi) is 2.82. The van der Waals surface area contributed by atoms with Gasteiger partial charge in [0.15, 0.2) is 0 Å². The van der Waals surface area contributed by atoms with Crippen LogP contribution in [0.4, 0.5) is 0 Å². The molecule has 108 valence electrons. The van der Waals surface area contributed by atoms with Crippen molar-refractivity contribution in [2.24, 2.45) is 0 Å². The van der Waals surface area contributed by atoms with E-state index in [1.807, 2.05) is 48.8 Å². The Hall–Kier alpha value is -2.88. The standard InChI is InChI=1S/C18H15N3O/c1-12-18(13(2)22-20-12)15-8-6-14(7-9-15)16-11-21-10-4-3-5-17(21)19-16/h3-11H,1-2H3. The Bertz CT molecular complexity index is 896. The number of aryl methyl sites for hydroxylation is 2. The third-order valence-corrected chi connectivity index (χ3v) is 3.87. The largest absolute Gasteiger partial charge is 0.361 e. The fourth-order valence-corrected chi connectivity index (χ4v) is 2.78. The highest BCUT2D eigenvalue weighted by molar-refractivity contribution is 5.72. The van der Waals surface area contributed by atoms with Crippen molar-refractivity contribution in [3.63, 3.8) is 0 Å². The molecule has 0 amide bonds. The third-order valence-electron chi connectivity index (χ3n) is 3.87. The monoisotopic (exact) mass is 289 g/mol. The van der Waals surface area contributed by atoms with Gasteiger partial charge in [0.25, 0.3) is 0 Å². The zero-order valence-electron chi connectivity index (χ0n) is 12.4. The number of hydrogen-bond donors (Lipinski definition) is 0. The fourth-order valence-electron chi connectivity index (χ4n) is 2.78. The molecule has 4 aromatic rings. The molecular weight excluding hydrogens is 274 g/mol. The van der Waals surface area contributed by atoms with E-state index in [-0.39, 0.29) is 0 Å². The van der Waals surface area contributed by atoms with E-state index in [4.69, 9.17) is 4.52 Å². The highest BCUT2D eigenvalue weighted by atomic mass is 16.5. The molecule has 0 radical (unpaired) electrons. The van der Waals surface area contributed by atoms with Crippen molar-refractivity contribution in [3.8, 4) is 22.4 Å². The van der Waals surface area contributed by atoms with Gasteiger partial charge in [-0.25, -0.2) is 4.98 Å². The quantitative estimate of drug-likeness (QED) is 0.553. The molecular formula is C18H15N3O. The molecule has 4 rings (SSSR count). The Balaban J connectivity index is 1.75. The molecule has 3 aromatic heterocycles. The van der Waals surface area contributed by atoms with Crippen LogP contribution in [0.1, 0.15) is 11.5 Å². The van der Waals surface area contributed by atoms with Crippen molar-refractivity contribution in [1.29, 1.82) is 0 Å². The first kappa shape index (κ1) is 12.8. The van der Waals surface area contributed by atoms with Crippen LogP contribution < -0.4 is 0 Å². The summed E-state index contributed by atoms with van der Waals surface area (Å²) in [5.41, 5.74) is 6.12. The van der Waals surface area contributed by atoms with Crippen molar-refractivity contribution >= 4 is 5.65 Å². The molecule has 0 atom stereocenters. The molecule has 4 heteroatoms. The zero-order valence-corrected chi connectivity index (χ0v) is 12.4. The van der Waals surface area contributed by atoms with Gasteiger partial charge in [-0.05, 0) is 31.5 Å². The summed E-state index contributed by atoms with van der Waals surface area (Å²) < 4.78 is 7.26. The zero-order chi connectivity index (χ0) is 15.1. The number of rotatable bonds is 2. The van der Waals surface area contributed by atoms with Crippen molar-refractivity contribution in [2.75, 3.05) is 0 Å². The van der Waals surface area contributed by atoms with E-state index >= 15 is 0 Å². The van der Waals surface area contributed by atoms with Crippen LogP contribution in [0, 0.1) is 13.8 Å². The number of benzene rings is 1. The van der Waals surface area contributed by atoms with Crippen LogP contribution in [0.5, 0.6) is 0 Å². The van der Waals surface area contributed by atoms with Gasteiger partial charge in [0, 0.05) is 23.5 Å². The molecule has 0 saturated carbocycles. The van der Waals surface area contributed by atoms with Crippen LogP contribution in [0.3, 0.4) is 0 Å². The van der Waals surface area contributed by atoms with Gasteiger partial charge in [-0.3, -0.25) is 0 Å². The maximum Gasteiger partial charge on any atom is 0.141 e. The van der Waals surface area contributed by atoms with E-state index < -0.39 is 0 Å². The lowest BCUT2D eigenvalue weighted by atomic mass is 10.0. The summed E-state index contributed by atoms with van der Waals surface area (Å²) in [4.78, 5) is 4.64. The van der Waals surface area contributed by atoms with Crippen LogP contribution in [-0.2, 0) is 0 Å². The smallest absolute Gasteiger partial charge is 0.141 e. The van der Waals surface area contributed by atoms with E-state index in [0.717, 1.165) is 39.5 Å². The number of fused-ring (bicyclic) bond motifs is 1. The molecule has 3 heterocycles.